The third-order valence-corrected chi connectivity index (χ3v) is 4.05. The average molecular weight is 354 g/mol. The smallest absolute Gasteiger partial charge is 0.221 e. The summed E-state index contributed by atoms with van der Waals surface area (Å²) < 4.78 is 5.71. The second-order valence-electron chi connectivity index (χ2n) is 5.56. The van der Waals surface area contributed by atoms with E-state index in [2.05, 4.69) is 5.32 Å². The lowest BCUT2D eigenvalue weighted by Gasteiger charge is -2.10. The predicted molar refractivity (Wildman–Crippen MR) is 99.5 cm³/mol. The number of amides is 1. The van der Waals surface area contributed by atoms with Gasteiger partial charge in [0.1, 0.15) is 5.75 Å². The number of halogens is 1. The Labute approximate surface area is 150 Å². The third-order valence-electron chi connectivity index (χ3n) is 3.72. The van der Waals surface area contributed by atoms with E-state index in [1.165, 1.54) is 6.92 Å². The third kappa shape index (κ3) is 3.98. The zero-order valence-corrected chi connectivity index (χ0v) is 14.3. The Morgan fingerprint density at radius 2 is 1.64 bits per heavy atom. The van der Waals surface area contributed by atoms with E-state index >= 15 is 0 Å². The van der Waals surface area contributed by atoms with Gasteiger partial charge in [-0.3, -0.25) is 9.59 Å². The number of hydrogen-bond donors (Lipinski definition) is 1. The van der Waals surface area contributed by atoms with Crippen LogP contribution < -0.4 is 10.1 Å². The van der Waals surface area contributed by atoms with E-state index in [0.717, 1.165) is 10.8 Å². The topological polar surface area (TPSA) is 55.4 Å². The monoisotopic (exact) mass is 353 g/mol. The van der Waals surface area contributed by atoms with Crippen LogP contribution in [0.1, 0.15) is 17.3 Å². The molecule has 4 nitrogen and oxygen atoms in total. The molecular weight excluding hydrogens is 338 g/mol. The van der Waals surface area contributed by atoms with Gasteiger partial charge in [-0.25, -0.2) is 0 Å². The van der Waals surface area contributed by atoms with E-state index in [1.54, 1.807) is 36.4 Å². The molecule has 0 spiro atoms. The van der Waals surface area contributed by atoms with Crippen molar-refractivity contribution < 1.29 is 14.3 Å². The summed E-state index contributed by atoms with van der Waals surface area (Å²) in [6, 6.07) is 17.8. The van der Waals surface area contributed by atoms with E-state index in [9.17, 15) is 9.59 Å². The van der Waals surface area contributed by atoms with E-state index in [1.807, 2.05) is 24.3 Å². The first kappa shape index (κ1) is 17.0. The highest BCUT2D eigenvalue weighted by molar-refractivity contribution is 6.35. The molecular formula is C20H16ClNO3. The molecule has 1 N–H and O–H groups in total. The average Bonchev–Trinajstić information content (AvgIpc) is 2.61. The summed E-state index contributed by atoms with van der Waals surface area (Å²) in [6.45, 7) is 1.36. The summed E-state index contributed by atoms with van der Waals surface area (Å²) in [6.07, 6.45) is 0. The van der Waals surface area contributed by atoms with Crippen molar-refractivity contribution in [3.8, 4) is 5.75 Å². The molecule has 3 aromatic carbocycles. The molecule has 0 aromatic heterocycles. The molecule has 0 unspecified atom stereocenters. The minimum atomic E-state index is -0.156. The molecule has 0 radical (unpaired) electrons. The fourth-order valence-corrected chi connectivity index (χ4v) is 2.76. The van der Waals surface area contributed by atoms with Crippen LogP contribution in [-0.2, 0) is 4.79 Å². The number of ether oxygens (including phenoxy) is 1. The fourth-order valence-electron chi connectivity index (χ4n) is 2.53. The Morgan fingerprint density at radius 3 is 2.32 bits per heavy atom. The van der Waals surface area contributed by atoms with Crippen molar-refractivity contribution in [1.82, 2.24) is 0 Å². The van der Waals surface area contributed by atoms with Crippen molar-refractivity contribution in [1.29, 1.82) is 0 Å². The molecule has 0 saturated carbocycles. The molecule has 5 heteroatoms. The van der Waals surface area contributed by atoms with Gasteiger partial charge in [0.15, 0.2) is 12.4 Å². The van der Waals surface area contributed by atoms with Gasteiger partial charge in [0.2, 0.25) is 5.91 Å². The molecule has 0 bridgehead atoms. The van der Waals surface area contributed by atoms with Crippen LogP contribution in [0.4, 0.5) is 5.69 Å². The van der Waals surface area contributed by atoms with Crippen LogP contribution >= 0.6 is 11.6 Å². The predicted octanol–water partition coefficient (Wildman–Crippen LogP) is 4.71. The maximum absolute atomic E-state index is 12.3. The highest BCUT2D eigenvalue weighted by atomic mass is 35.5. The van der Waals surface area contributed by atoms with Crippen LogP contribution in [0.25, 0.3) is 10.8 Å². The SMILES string of the molecule is CC(=O)Nc1ccc(C(=O)COc2ccc(Cl)c3ccccc23)cc1. The highest BCUT2D eigenvalue weighted by Crippen LogP contribution is 2.31. The van der Waals surface area contributed by atoms with E-state index in [4.69, 9.17) is 16.3 Å². The molecule has 0 fully saturated rings. The largest absolute Gasteiger partial charge is 0.485 e. The fraction of sp³-hybridized carbons (Fsp3) is 0.100. The standard InChI is InChI=1S/C20H16ClNO3/c1-13(23)22-15-8-6-14(7-9-15)19(24)12-25-20-11-10-18(21)16-4-2-3-5-17(16)20/h2-11H,12H2,1H3,(H,22,23). The first-order valence-electron chi connectivity index (χ1n) is 7.75. The first-order valence-corrected chi connectivity index (χ1v) is 8.13. The van der Waals surface area contributed by atoms with Crippen LogP contribution in [0, 0.1) is 0 Å². The number of carbonyl (C=O) groups is 2. The summed E-state index contributed by atoms with van der Waals surface area (Å²) in [5, 5.41) is 5.05. The number of benzene rings is 3. The maximum Gasteiger partial charge on any atom is 0.221 e. The van der Waals surface area contributed by atoms with E-state index in [-0.39, 0.29) is 18.3 Å². The molecule has 0 saturated heterocycles. The zero-order valence-electron chi connectivity index (χ0n) is 13.6. The van der Waals surface area contributed by atoms with Gasteiger partial charge in [0, 0.05) is 34.0 Å². The molecule has 3 rings (SSSR count). The van der Waals surface area contributed by atoms with Gasteiger partial charge in [-0.1, -0.05) is 35.9 Å². The second-order valence-corrected chi connectivity index (χ2v) is 5.97. The van der Waals surface area contributed by atoms with Gasteiger partial charge in [0.25, 0.3) is 0 Å². The number of fused-ring (bicyclic) bond motifs is 1. The Bertz CT molecular complexity index is 935. The second kappa shape index (κ2) is 7.36. The molecule has 126 valence electrons. The number of hydrogen-bond acceptors (Lipinski definition) is 3. The van der Waals surface area contributed by atoms with E-state index < -0.39 is 0 Å². The summed E-state index contributed by atoms with van der Waals surface area (Å²) in [7, 11) is 0. The lowest BCUT2D eigenvalue weighted by Crippen LogP contribution is -2.12. The van der Waals surface area contributed by atoms with Crippen molar-refractivity contribution >= 4 is 39.8 Å². The maximum atomic E-state index is 12.3. The number of carbonyl (C=O) groups excluding carboxylic acids is 2. The zero-order chi connectivity index (χ0) is 17.8. The van der Waals surface area contributed by atoms with Crippen LogP contribution in [0.15, 0.2) is 60.7 Å². The molecule has 0 atom stereocenters. The van der Waals surface area contributed by atoms with Crippen molar-refractivity contribution in [3.63, 3.8) is 0 Å². The van der Waals surface area contributed by atoms with Crippen molar-refractivity contribution in [2.24, 2.45) is 0 Å². The Morgan fingerprint density at radius 1 is 0.960 bits per heavy atom. The Hall–Kier alpha value is -2.85. The normalized spacial score (nSPS) is 10.5. The van der Waals surface area contributed by atoms with Crippen molar-refractivity contribution in [2.75, 3.05) is 11.9 Å². The molecule has 0 aliphatic carbocycles. The summed E-state index contributed by atoms with van der Waals surface area (Å²) in [5.41, 5.74) is 1.17. The first-order chi connectivity index (χ1) is 12.0. The summed E-state index contributed by atoms with van der Waals surface area (Å²) in [4.78, 5) is 23.3. The molecule has 3 aromatic rings. The Kier molecular flexibility index (Phi) is 5.00. The lowest BCUT2D eigenvalue weighted by atomic mass is 10.1. The quantitative estimate of drug-likeness (QED) is 0.675. The number of rotatable bonds is 5. The molecule has 0 aliphatic rings. The van der Waals surface area contributed by atoms with Gasteiger partial charge >= 0.3 is 0 Å². The van der Waals surface area contributed by atoms with Gasteiger partial charge in [-0.2, -0.15) is 0 Å². The molecule has 25 heavy (non-hydrogen) atoms. The molecule has 0 aliphatic heterocycles. The number of nitrogens with one attached hydrogen (secondary N) is 1. The summed E-state index contributed by atoms with van der Waals surface area (Å²) in [5.74, 6) is 0.314. The molecule has 0 heterocycles. The summed E-state index contributed by atoms with van der Waals surface area (Å²) >= 11 is 6.19. The number of Topliss-reactive ketones (excluding diaryl/α,β-unsaturated/α-hetero) is 1. The number of anilines is 1. The highest BCUT2D eigenvalue weighted by Gasteiger charge is 2.10. The van der Waals surface area contributed by atoms with Gasteiger partial charge < -0.3 is 10.1 Å². The van der Waals surface area contributed by atoms with Crippen molar-refractivity contribution in [2.45, 2.75) is 6.92 Å². The Balaban J connectivity index is 1.72. The van der Waals surface area contributed by atoms with Crippen LogP contribution in [0.3, 0.4) is 0 Å². The van der Waals surface area contributed by atoms with Crippen LogP contribution in [-0.4, -0.2) is 18.3 Å². The number of ketones is 1. The molecule has 1 amide bonds. The van der Waals surface area contributed by atoms with Crippen LogP contribution in [0.5, 0.6) is 5.75 Å². The lowest BCUT2D eigenvalue weighted by molar-refractivity contribution is -0.114. The minimum absolute atomic E-state index is 0.0783. The minimum Gasteiger partial charge on any atom is -0.485 e. The van der Waals surface area contributed by atoms with Gasteiger partial charge in [-0.05, 0) is 36.4 Å². The van der Waals surface area contributed by atoms with Crippen LogP contribution in [0.2, 0.25) is 5.02 Å². The van der Waals surface area contributed by atoms with Gasteiger partial charge in [0.05, 0.1) is 0 Å². The van der Waals surface area contributed by atoms with E-state index in [0.29, 0.717) is 22.0 Å². The van der Waals surface area contributed by atoms with Gasteiger partial charge in [-0.15, -0.1) is 0 Å². The van der Waals surface area contributed by atoms with Crippen molar-refractivity contribution in [3.05, 3.63) is 71.2 Å².